The summed E-state index contributed by atoms with van der Waals surface area (Å²) in [5.74, 6) is 2.20. The van der Waals surface area contributed by atoms with Gasteiger partial charge in [-0.2, -0.15) is 16.9 Å². The van der Waals surface area contributed by atoms with Crippen LogP contribution in [0.4, 0.5) is 0 Å². The van der Waals surface area contributed by atoms with Crippen LogP contribution < -0.4 is 5.32 Å². The third kappa shape index (κ3) is 5.12. The second-order valence-electron chi connectivity index (χ2n) is 10.8. The largest absolute Gasteiger partial charge is 0.336 e. The van der Waals surface area contributed by atoms with Gasteiger partial charge in [0.15, 0.2) is 5.69 Å². The van der Waals surface area contributed by atoms with Gasteiger partial charge in [0.1, 0.15) is 0 Å². The molecule has 6 nitrogen and oxygen atoms in total. The lowest BCUT2D eigenvalue weighted by Crippen LogP contribution is -2.59. The second kappa shape index (κ2) is 11.2. The number of carbonyl (C=O) groups is 1. The maximum atomic E-state index is 13.4. The molecule has 1 saturated carbocycles. The fraction of sp³-hybridized carbons (Fsp3) is 0.778. The van der Waals surface area contributed by atoms with Crippen molar-refractivity contribution in [3.05, 3.63) is 29.6 Å². The molecule has 0 radical (unpaired) electrons. The van der Waals surface area contributed by atoms with Gasteiger partial charge in [0.2, 0.25) is 0 Å². The predicted octanol–water partition coefficient (Wildman–Crippen LogP) is 3.89. The Morgan fingerprint density at radius 2 is 1.82 bits per heavy atom. The zero-order valence-corrected chi connectivity index (χ0v) is 21.7. The normalized spacial score (nSPS) is 25.6. The minimum absolute atomic E-state index is 0.136. The number of fused-ring (bicyclic) bond motifs is 1. The van der Waals surface area contributed by atoms with E-state index in [0.717, 1.165) is 50.4 Å². The average Bonchev–Trinajstić information content (AvgIpc) is 3.26. The van der Waals surface area contributed by atoms with Gasteiger partial charge in [-0.25, -0.2) is 0 Å². The van der Waals surface area contributed by atoms with Crippen molar-refractivity contribution in [1.82, 2.24) is 24.9 Å². The van der Waals surface area contributed by atoms with Gasteiger partial charge in [-0.15, -0.1) is 6.58 Å². The van der Waals surface area contributed by atoms with Crippen LogP contribution in [-0.4, -0.2) is 81.3 Å². The van der Waals surface area contributed by atoms with Crippen LogP contribution in [0, 0.1) is 0 Å². The molecular formula is C27H43N5OS. The van der Waals surface area contributed by atoms with E-state index in [4.69, 9.17) is 5.10 Å². The maximum Gasteiger partial charge on any atom is 0.274 e. The number of piperidine rings is 1. The van der Waals surface area contributed by atoms with Crippen molar-refractivity contribution in [3.8, 4) is 0 Å². The molecule has 2 aliphatic heterocycles. The number of hydrogen-bond acceptors (Lipinski definition) is 5. The third-order valence-electron chi connectivity index (χ3n) is 8.68. The van der Waals surface area contributed by atoms with E-state index < -0.39 is 0 Å². The second-order valence-corrected chi connectivity index (χ2v) is 12.0. The average molecular weight is 486 g/mol. The van der Waals surface area contributed by atoms with Crippen molar-refractivity contribution in [2.24, 2.45) is 0 Å². The number of nitrogens with zero attached hydrogens (tertiary/aromatic N) is 4. The highest BCUT2D eigenvalue weighted by atomic mass is 32.2. The van der Waals surface area contributed by atoms with Crippen LogP contribution in [0.1, 0.15) is 79.5 Å². The van der Waals surface area contributed by atoms with Crippen LogP contribution in [0.5, 0.6) is 0 Å². The van der Waals surface area contributed by atoms with E-state index in [9.17, 15) is 4.79 Å². The lowest BCUT2D eigenvalue weighted by Gasteiger charge is -2.49. The fourth-order valence-electron chi connectivity index (χ4n) is 6.74. The monoisotopic (exact) mass is 485 g/mol. The number of rotatable bonds is 7. The zero-order chi connectivity index (χ0) is 23.4. The Labute approximate surface area is 209 Å². The number of nitrogens with one attached hydrogen (secondary N) is 1. The Kier molecular flexibility index (Phi) is 8.01. The molecule has 3 heterocycles. The van der Waals surface area contributed by atoms with Crippen LogP contribution in [0.3, 0.4) is 0 Å². The van der Waals surface area contributed by atoms with Crippen molar-refractivity contribution in [2.75, 3.05) is 44.2 Å². The molecule has 4 aliphatic rings. The summed E-state index contributed by atoms with van der Waals surface area (Å²) in [5, 5.41) is 8.87. The van der Waals surface area contributed by atoms with Crippen LogP contribution >= 0.6 is 11.8 Å². The first-order valence-corrected chi connectivity index (χ1v) is 14.9. The van der Waals surface area contributed by atoms with Crippen LogP contribution in [0.2, 0.25) is 0 Å². The Balaban J connectivity index is 1.31. The predicted molar refractivity (Wildman–Crippen MR) is 141 cm³/mol. The van der Waals surface area contributed by atoms with E-state index in [1.165, 1.54) is 75.7 Å². The van der Waals surface area contributed by atoms with Crippen molar-refractivity contribution >= 4 is 17.7 Å². The summed E-state index contributed by atoms with van der Waals surface area (Å²) in [7, 11) is 0. The molecule has 1 unspecified atom stereocenters. The van der Waals surface area contributed by atoms with Crippen molar-refractivity contribution in [3.63, 3.8) is 0 Å². The fourth-order valence-corrected chi connectivity index (χ4v) is 7.64. The van der Waals surface area contributed by atoms with Crippen molar-refractivity contribution < 1.29 is 4.79 Å². The lowest BCUT2D eigenvalue weighted by molar-refractivity contribution is 0.0310. The van der Waals surface area contributed by atoms with Crippen molar-refractivity contribution in [1.29, 1.82) is 0 Å². The highest BCUT2D eigenvalue weighted by Crippen LogP contribution is 2.36. The zero-order valence-electron chi connectivity index (χ0n) is 20.9. The van der Waals surface area contributed by atoms with Gasteiger partial charge in [-0.05, 0) is 58.0 Å². The molecule has 1 N–H and O–H groups in total. The number of carbonyl (C=O) groups excluding carboxylic acids is 1. The number of allylic oxidation sites excluding steroid dienone is 1. The number of thioether (sulfide) groups is 1. The van der Waals surface area contributed by atoms with Gasteiger partial charge in [0, 0.05) is 54.0 Å². The van der Waals surface area contributed by atoms with Gasteiger partial charge in [-0.1, -0.05) is 31.8 Å². The first kappa shape index (κ1) is 24.4. The SMILES string of the molecule is C=CCn1nc(C(=O)N2CCSCC2)c2c1CCC(NCC1(N3CCCCC3)CCCCC1)C2. The number of likely N-dealkylation sites (tertiary alicyclic amines) is 1. The summed E-state index contributed by atoms with van der Waals surface area (Å²) in [6.07, 6.45) is 15.9. The Bertz CT molecular complexity index is 849. The lowest BCUT2D eigenvalue weighted by atomic mass is 9.78. The van der Waals surface area contributed by atoms with Crippen LogP contribution in [0.25, 0.3) is 0 Å². The molecule has 1 atom stereocenters. The topological polar surface area (TPSA) is 53.4 Å². The summed E-state index contributed by atoms with van der Waals surface area (Å²) in [6.45, 7) is 9.93. The van der Waals surface area contributed by atoms with Crippen molar-refractivity contribution in [2.45, 2.75) is 88.8 Å². The number of hydrogen-bond donors (Lipinski definition) is 1. The smallest absolute Gasteiger partial charge is 0.274 e. The van der Waals surface area contributed by atoms with E-state index >= 15 is 0 Å². The molecule has 7 heteroatoms. The van der Waals surface area contributed by atoms with E-state index in [-0.39, 0.29) is 5.91 Å². The molecule has 1 aromatic rings. The summed E-state index contributed by atoms with van der Waals surface area (Å²) in [4.78, 5) is 18.3. The summed E-state index contributed by atoms with van der Waals surface area (Å²) in [5.41, 5.74) is 3.51. The Morgan fingerprint density at radius 3 is 2.56 bits per heavy atom. The van der Waals surface area contributed by atoms with E-state index in [1.54, 1.807) is 0 Å². The van der Waals surface area contributed by atoms with Gasteiger partial charge in [0.25, 0.3) is 5.91 Å². The molecule has 188 valence electrons. The standard InChI is InChI=1S/C27H43N5OS/c1-2-13-32-24-10-9-22(20-23(24)25(29-32)26(33)30-16-18-34-19-17-30)28-21-27(11-5-3-6-12-27)31-14-7-4-8-15-31/h2,22,28H,1,3-21H2. The van der Waals surface area contributed by atoms with Gasteiger partial charge in [0.05, 0.1) is 6.54 Å². The first-order chi connectivity index (χ1) is 16.7. The molecule has 2 aliphatic carbocycles. The number of amides is 1. The third-order valence-corrected chi connectivity index (χ3v) is 9.62. The molecule has 0 spiro atoms. The van der Waals surface area contributed by atoms with E-state index in [2.05, 4.69) is 16.8 Å². The molecular weight excluding hydrogens is 442 g/mol. The molecule has 1 aromatic heterocycles. The van der Waals surface area contributed by atoms with E-state index in [0.29, 0.717) is 23.8 Å². The summed E-state index contributed by atoms with van der Waals surface area (Å²) < 4.78 is 2.04. The molecule has 1 amide bonds. The van der Waals surface area contributed by atoms with E-state index in [1.807, 2.05) is 27.4 Å². The maximum absolute atomic E-state index is 13.4. The molecule has 5 rings (SSSR count). The van der Waals surface area contributed by atoms with Gasteiger partial charge in [-0.3, -0.25) is 14.4 Å². The Hall–Kier alpha value is -1.31. The number of aromatic nitrogens is 2. The van der Waals surface area contributed by atoms with Gasteiger partial charge >= 0.3 is 0 Å². The molecule has 2 saturated heterocycles. The van der Waals surface area contributed by atoms with Crippen LogP contribution in [0.15, 0.2) is 12.7 Å². The summed E-state index contributed by atoms with van der Waals surface area (Å²) in [6, 6.07) is 0.431. The van der Waals surface area contributed by atoms with Gasteiger partial charge < -0.3 is 10.2 Å². The molecule has 3 fully saturated rings. The Morgan fingerprint density at radius 1 is 1.09 bits per heavy atom. The van der Waals surface area contributed by atoms with Crippen LogP contribution in [-0.2, 0) is 19.4 Å². The summed E-state index contributed by atoms with van der Waals surface area (Å²) >= 11 is 1.94. The highest BCUT2D eigenvalue weighted by molar-refractivity contribution is 7.99. The highest BCUT2D eigenvalue weighted by Gasteiger charge is 2.39. The molecule has 0 aromatic carbocycles. The minimum Gasteiger partial charge on any atom is -0.336 e. The quantitative estimate of drug-likeness (QED) is 0.594. The minimum atomic E-state index is 0.136. The first-order valence-electron chi connectivity index (χ1n) is 13.8. The molecule has 34 heavy (non-hydrogen) atoms. The molecule has 0 bridgehead atoms.